The van der Waals surface area contributed by atoms with Gasteiger partial charge in [-0.1, -0.05) is 0 Å². The van der Waals surface area contributed by atoms with Gasteiger partial charge >= 0.3 is 6.03 Å². The van der Waals surface area contributed by atoms with Gasteiger partial charge in [-0.05, 0) is 32.1 Å². The zero-order valence-corrected chi connectivity index (χ0v) is 12.4. The number of amides is 2. The summed E-state index contributed by atoms with van der Waals surface area (Å²) >= 11 is 1.71. The highest BCUT2D eigenvalue weighted by Crippen LogP contribution is 2.41. The second-order valence-electron chi connectivity index (χ2n) is 5.48. The lowest BCUT2D eigenvalue weighted by Gasteiger charge is -2.10. The Labute approximate surface area is 123 Å². The summed E-state index contributed by atoms with van der Waals surface area (Å²) in [5, 5.41) is 8.98. The van der Waals surface area contributed by atoms with Gasteiger partial charge in [-0.25, -0.2) is 9.78 Å². The third kappa shape index (κ3) is 3.93. The molecule has 1 saturated heterocycles. The number of aromatic nitrogens is 1. The minimum absolute atomic E-state index is 0.121. The summed E-state index contributed by atoms with van der Waals surface area (Å²) in [7, 11) is 0. The van der Waals surface area contributed by atoms with Gasteiger partial charge in [0.25, 0.3) is 0 Å². The number of nitrogens with zero attached hydrogens (tertiary/aromatic N) is 1. The average molecular weight is 295 g/mol. The summed E-state index contributed by atoms with van der Waals surface area (Å²) < 4.78 is 5.51. The molecule has 2 heterocycles. The van der Waals surface area contributed by atoms with E-state index < -0.39 is 0 Å². The predicted octanol–water partition coefficient (Wildman–Crippen LogP) is 2.39. The van der Waals surface area contributed by atoms with Gasteiger partial charge in [0.2, 0.25) is 0 Å². The van der Waals surface area contributed by atoms with E-state index in [9.17, 15) is 4.79 Å². The molecule has 1 atom stereocenters. The molecule has 1 saturated carbocycles. The van der Waals surface area contributed by atoms with Crippen molar-refractivity contribution in [2.24, 2.45) is 0 Å². The van der Waals surface area contributed by atoms with E-state index in [1.54, 1.807) is 11.3 Å². The number of carbonyl (C=O) groups is 1. The van der Waals surface area contributed by atoms with Crippen molar-refractivity contribution < 1.29 is 9.53 Å². The third-order valence-electron chi connectivity index (χ3n) is 3.70. The second-order valence-corrected chi connectivity index (χ2v) is 6.37. The standard InChI is InChI=1S/C14H21N3O2S/c18-14(15-6-5-12-2-1-7-19-12)16-8-11-9-20-13(17-11)10-3-4-10/h9-10,12H,1-8H2,(H2,15,16,18)/t12-/m0/s1. The van der Waals surface area contributed by atoms with Crippen molar-refractivity contribution in [3.8, 4) is 0 Å². The van der Waals surface area contributed by atoms with Gasteiger partial charge in [-0.15, -0.1) is 11.3 Å². The smallest absolute Gasteiger partial charge is 0.315 e. The number of hydrogen-bond acceptors (Lipinski definition) is 4. The molecule has 20 heavy (non-hydrogen) atoms. The number of carbonyl (C=O) groups excluding carboxylic acids is 1. The van der Waals surface area contributed by atoms with E-state index in [1.807, 2.05) is 5.38 Å². The Bertz CT molecular complexity index is 453. The van der Waals surface area contributed by atoms with Crippen molar-refractivity contribution in [2.45, 2.75) is 50.7 Å². The van der Waals surface area contributed by atoms with E-state index in [1.165, 1.54) is 17.8 Å². The second kappa shape index (κ2) is 6.54. The maximum absolute atomic E-state index is 11.7. The number of hydrogen-bond donors (Lipinski definition) is 2. The number of urea groups is 1. The molecule has 1 aliphatic carbocycles. The van der Waals surface area contributed by atoms with E-state index in [2.05, 4.69) is 15.6 Å². The molecule has 0 unspecified atom stereocenters. The van der Waals surface area contributed by atoms with Gasteiger partial charge in [0, 0.05) is 24.4 Å². The zero-order chi connectivity index (χ0) is 13.8. The first-order valence-electron chi connectivity index (χ1n) is 7.39. The molecule has 2 aliphatic rings. The van der Waals surface area contributed by atoms with Crippen LogP contribution in [0.15, 0.2) is 5.38 Å². The number of ether oxygens (including phenoxy) is 1. The van der Waals surface area contributed by atoms with Crippen molar-refractivity contribution in [3.05, 3.63) is 16.1 Å². The van der Waals surface area contributed by atoms with Crippen molar-refractivity contribution in [1.29, 1.82) is 0 Å². The lowest BCUT2D eigenvalue weighted by atomic mass is 10.2. The highest BCUT2D eigenvalue weighted by molar-refractivity contribution is 7.09. The van der Waals surface area contributed by atoms with E-state index >= 15 is 0 Å². The molecular formula is C14H21N3O2S. The molecule has 0 aromatic carbocycles. The van der Waals surface area contributed by atoms with Gasteiger partial charge in [0.15, 0.2) is 0 Å². The van der Waals surface area contributed by atoms with E-state index in [0.29, 0.717) is 25.1 Å². The molecule has 5 nitrogen and oxygen atoms in total. The Morgan fingerprint density at radius 1 is 1.40 bits per heavy atom. The molecule has 110 valence electrons. The monoisotopic (exact) mass is 295 g/mol. The van der Waals surface area contributed by atoms with Crippen LogP contribution >= 0.6 is 11.3 Å². The van der Waals surface area contributed by atoms with Crippen molar-refractivity contribution in [3.63, 3.8) is 0 Å². The molecule has 0 spiro atoms. The molecule has 1 aromatic rings. The van der Waals surface area contributed by atoms with Gasteiger partial charge in [0.05, 0.1) is 23.4 Å². The number of rotatable bonds is 6. The Hall–Kier alpha value is -1.14. The predicted molar refractivity (Wildman–Crippen MR) is 77.9 cm³/mol. The van der Waals surface area contributed by atoms with Gasteiger partial charge in [-0.2, -0.15) is 0 Å². The molecule has 2 amide bonds. The molecule has 2 fully saturated rings. The molecular weight excluding hydrogens is 274 g/mol. The van der Waals surface area contributed by atoms with Crippen molar-refractivity contribution >= 4 is 17.4 Å². The molecule has 0 radical (unpaired) electrons. The number of thiazole rings is 1. The van der Waals surface area contributed by atoms with Crippen LogP contribution in [-0.4, -0.2) is 30.3 Å². The fourth-order valence-corrected chi connectivity index (χ4v) is 3.36. The van der Waals surface area contributed by atoms with Crippen LogP contribution in [0.1, 0.15) is 48.7 Å². The van der Waals surface area contributed by atoms with Crippen LogP contribution in [-0.2, 0) is 11.3 Å². The first kappa shape index (κ1) is 13.8. The summed E-state index contributed by atoms with van der Waals surface area (Å²) in [5.74, 6) is 0.689. The Morgan fingerprint density at radius 3 is 3.05 bits per heavy atom. The van der Waals surface area contributed by atoms with E-state index in [0.717, 1.165) is 31.6 Å². The molecule has 1 aromatic heterocycles. The fraction of sp³-hybridized carbons (Fsp3) is 0.714. The topological polar surface area (TPSA) is 63.2 Å². The molecule has 6 heteroatoms. The number of nitrogens with one attached hydrogen (secondary N) is 2. The van der Waals surface area contributed by atoms with Crippen LogP contribution < -0.4 is 10.6 Å². The summed E-state index contributed by atoms with van der Waals surface area (Å²) in [5.41, 5.74) is 0.964. The van der Waals surface area contributed by atoms with E-state index in [-0.39, 0.29) is 6.03 Å². The lowest BCUT2D eigenvalue weighted by Crippen LogP contribution is -2.36. The van der Waals surface area contributed by atoms with Crippen LogP contribution in [0, 0.1) is 0 Å². The third-order valence-corrected chi connectivity index (χ3v) is 4.76. The fourth-order valence-electron chi connectivity index (χ4n) is 2.37. The quantitative estimate of drug-likeness (QED) is 0.847. The summed E-state index contributed by atoms with van der Waals surface area (Å²) in [6, 6.07) is -0.121. The maximum atomic E-state index is 11.7. The van der Waals surface area contributed by atoms with Crippen LogP contribution in [0.2, 0.25) is 0 Å². The Balaban J connectivity index is 1.31. The lowest BCUT2D eigenvalue weighted by molar-refractivity contribution is 0.104. The SMILES string of the molecule is O=C(NCC[C@@H]1CCCO1)NCc1csc(C2CC2)n1. The highest BCUT2D eigenvalue weighted by Gasteiger charge is 2.26. The molecule has 1 aliphatic heterocycles. The summed E-state index contributed by atoms with van der Waals surface area (Å²) in [6.45, 7) is 2.04. The average Bonchev–Trinajstić information content (AvgIpc) is 2.98. The largest absolute Gasteiger partial charge is 0.378 e. The minimum Gasteiger partial charge on any atom is -0.378 e. The van der Waals surface area contributed by atoms with Crippen LogP contribution in [0.25, 0.3) is 0 Å². The molecule has 2 N–H and O–H groups in total. The van der Waals surface area contributed by atoms with Gasteiger partial charge in [-0.3, -0.25) is 0 Å². The van der Waals surface area contributed by atoms with Crippen LogP contribution in [0.3, 0.4) is 0 Å². The summed E-state index contributed by atoms with van der Waals surface area (Å²) in [4.78, 5) is 16.2. The first-order valence-corrected chi connectivity index (χ1v) is 8.27. The van der Waals surface area contributed by atoms with Crippen LogP contribution in [0.4, 0.5) is 4.79 Å². The summed E-state index contributed by atoms with van der Waals surface area (Å²) in [6.07, 6.45) is 6.02. The molecule has 0 bridgehead atoms. The highest BCUT2D eigenvalue weighted by atomic mass is 32.1. The van der Waals surface area contributed by atoms with Crippen molar-refractivity contribution in [1.82, 2.24) is 15.6 Å². The van der Waals surface area contributed by atoms with Gasteiger partial charge < -0.3 is 15.4 Å². The Kier molecular flexibility index (Phi) is 4.52. The minimum atomic E-state index is -0.121. The normalized spacial score (nSPS) is 21.9. The first-order chi connectivity index (χ1) is 9.81. The van der Waals surface area contributed by atoms with Crippen LogP contribution in [0.5, 0.6) is 0 Å². The Morgan fingerprint density at radius 2 is 2.30 bits per heavy atom. The maximum Gasteiger partial charge on any atom is 0.315 e. The van der Waals surface area contributed by atoms with E-state index in [4.69, 9.17) is 4.74 Å². The molecule has 3 rings (SSSR count). The van der Waals surface area contributed by atoms with Crippen molar-refractivity contribution in [2.75, 3.05) is 13.2 Å². The van der Waals surface area contributed by atoms with Gasteiger partial charge in [0.1, 0.15) is 0 Å². The zero-order valence-electron chi connectivity index (χ0n) is 11.6.